The maximum absolute atomic E-state index is 13.1. The molecule has 0 atom stereocenters. The molecular weight excluding hydrogens is 401 g/mol. The van der Waals surface area contributed by atoms with Crippen LogP contribution in [0.2, 0.25) is 0 Å². The minimum absolute atomic E-state index is 0.0462. The molecule has 12 heteroatoms. The van der Waals surface area contributed by atoms with Crippen molar-refractivity contribution in [1.29, 1.82) is 0 Å². The second kappa shape index (κ2) is 6.97. The van der Waals surface area contributed by atoms with Crippen LogP contribution in [0.25, 0.3) is 17.1 Å². The van der Waals surface area contributed by atoms with Crippen LogP contribution in [0.3, 0.4) is 0 Å². The van der Waals surface area contributed by atoms with E-state index in [9.17, 15) is 13.2 Å². The molecule has 1 aromatic carbocycles. The maximum Gasteiger partial charge on any atom is 0.453 e. The summed E-state index contributed by atoms with van der Waals surface area (Å²) in [6.45, 7) is 2.22. The van der Waals surface area contributed by atoms with Crippen LogP contribution in [-0.2, 0) is 6.18 Å². The number of halogens is 3. The standard InChI is InChI=1S/C18H15F3N8O/c19-18(20,21)16-24-23-13-6-7-14(25-29(13)16)27-8-10-28(11-9-27)17-22-15(30-26-17)12-4-2-1-3-5-12/h1-7H,8-11H2. The van der Waals surface area contributed by atoms with E-state index in [4.69, 9.17) is 4.52 Å². The Hall–Kier alpha value is -3.70. The predicted molar refractivity (Wildman–Crippen MR) is 99.9 cm³/mol. The Morgan fingerprint density at radius 1 is 0.867 bits per heavy atom. The summed E-state index contributed by atoms with van der Waals surface area (Å²) >= 11 is 0. The van der Waals surface area contributed by atoms with Crippen LogP contribution in [-0.4, -0.2) is 56.1 Å². The van der Waals surface area contributed by atoms with Crippen LogP contribution in [0.4, 0.5) is 24.9 Å². The highest BCUT2D eigenvalue weighted by molar-refractivity contribution is 5.54. The van der Waals surface area contributed by atoms with Crippen LogP contribution in [0.1, 0.15) is 5.82 Å². The van der Waals surface area contributed by atoms with Gasteiger partial charge in [-0.3, -0.25) is 0 Å². The van der Waals surface area contributed by atoms with Crippen LogP contribution in [0.5, 0.6) is 0 Å². The van der Waals surface area contributed by atoms with Gasteiger partial charge in [0.05, 0.1) is 0 Å². The van der Waals surface area contributed by atoms with Gasteiger partial charge in [0, 0.05) is 31.7 Å². The molecule has 9 nitrogen and oxygen atoms in total. The van der Waals surface area contributed by atoms with Gasteiger partial charge in [0.25, 0.3) is 17.7 Å². The molecule has 3 aromatic heterocycles. The Morgan fingerprint density at radius 3 is 2.33 bits per heavy atom. The fourth-order valence-electron chi connectivity index (χ4n) is 3.30. The minimum Gasteiger partial charge on any atom is -0.352 e. The molecule has 30 heavy (non-hydrogen) atoms. The number of alkyl halides is 3. The van der Waals surface area contributed by atoms with Crippen molar-refractivity contribution in [2.24, 2.45) is 0 Å². The highest BCUT2D eigenvalue weighted by atomic mass is 19.4. The van der Waals surface area contributed by atoms with Crippen molar-refractivity contribution in [1.82, 2.24) is 30.0 Å². The summed E-state index contributed by atoms with van der Waals surface area (Å²) in [5.41, 5.74) is 0.881. The molecule has 1 aliphatic heterocycles. The van der Waals surface area contributed by atoms with Gasteiger partial charge in [0.15, 0.2) is 5.65 Å². The van der Waals surface area contributed by atoms with E-state index in [1.54, 1.807) is 6.07 Å². The fourth-order valence-corrected chi connectivity index (χ4v) is 3.30. The number of hydrogen-bond acceptors (Lipinski definition) is 8. The van der Waals surface area contributed by atoms with E-state index in [2.05, 4.69) is 25.4 Å². The van der Waals surface area contributed by atoms with Crippen LogP contribution >= 0.6 is 0 Å². The SMILES string of the molecule is FC(F)(F)c1nnc2ccc(N3CCN(c4noc(-c5ccccc5)n4)CC3)nn12. The molecule has 4 aromatic rings. The van der Waals surface area contributed by atoms with E-state index in [1.807, 2.05) is 40.1 Å². The van der Waals surface area contributed by atoms with Gasteiger partial charge in [-0.15, -0.1) is 15.3 Å². The Morgan fingerprint density at radius 2 is 1.60 bits per heavy atom. The zero-order valence-corrected chi connectivity index (χ0v) is 15.5. The largest absolute Gasteiger partial charge is 0.453 e. The molecule has 0 spiro atoms. The van der Waals surface area contributed by atoms with E-state index in [0.29, 0.717) is 43.8 Å². The van der Waals surface area contributed by atoms with Gasteiger partial charge in [-0.1, -0.05) is 18.2 Å². The second-order valence-electron chi connectivity index (χ2n) is 6.72. The first-order valence-electron chi connectivity index (χ1n) is 9.18. The third-order valence-corrected chi connectivity index (χ3v) is 4.82. The lowest BCUT2D eigenvalue weighted by molar-refractivity contribution is -0.146. The molecule has 0 aliphatic carbocycles. The monoisotopic (exact) mass is 416 g/mol. The number of anilines is 2. The van der Waals surface area contributed by atoms with Gasteiger partial charge >= 0.3 is 6.18 Å². The first-order chi connectivity index (χ1) is 14.5. The summed E-state index contributed by atoms with van der Waals surface area (Å²) in [5, 5.41) is 14.9. The molecular formula is C18H15F3N8O. The van der Waals surface area contributed by atoms with Gasteiger partial charge in [-0.25, -0.2) is 0 Å². The summed E-state index contributed by atoms with van der Waals surface area (Å²) in [6, 6.07) is 12.6. The summed E-state index contributed by atoms with van der Waals surface area (Å²) in [7, 11) is 0. The number of nitrogens with zero attached hydrogens (tertiary/aromatic N) is 8. The predicted octanol–water partition coefficient (Wildman–Crippen LogP) is 2.52. The molecule has 0 bridgehead atoms. The molecule has 0 saturated carbocycles. The third-order valence-electron chi connectivity index (χ3n) is 4.82. The van der Waals surface area contributed by atoms with Crippen molar-refractivity contribution < 1.29 is 17.7 Å². The number of fused-ring (bicyclic) bond motifs is 1. The highest BCUT2D eigenvalue weighted by Gasteiger charge is 2.38. The molecule has 1 fully saturated rings. The van der Waals surface area contributed by atoms with Crippen molar-refractivity contribution in [2.45, 2.75) is 6.18 Å². The molecule has 0 unspecified atom stereocenters. The maximum atomic E-state index is 13.1. The van der Waals surface area contributed by atoms with E-state index in [0.717, 1.165) is 10.1 Å². The quantitative estimate of drug-likeness (QED) is 0.504. The Bertz CT molecular complexity index is 1170. The van der Waals surface area contributed by atoms with E-state index >= 15 is 0 Å². The summed E-state index contributed by atoms with van der Waals surface area (Å²) in [5.74, 6) is 0.200. The average Bonchev–Trinajstić information content (AvgIpc) is 3.41. The molecule has 5 rings (SSSR count). The van der Waals surface area contributed by atoms with E-state index in [1.165, 1.54) is 6.07 Å². The number of hydrogen-bond donors (Lipinski definition) is 0. The number of benzene rings is 1. The van der Waals surface area contributed by atoms with E-state index in [-0.39, 0.29) is 5.65 Å². The Kier molecular flexibility index (Phi) is 4.26. The van der Waals surface area contributed by atoms with Crippen molar-refractivity contribution in [2.75, 3.05) is 36.0 Å². The zero-order valence-electron chi connectivity index (χ0n) is 15.5. The van der Waals surface area contributed by atoms with Gasteiger partial charge < -0.3 is 14.3 Å². The molecule has 1 saturated heterocycles. The summed E-state index contributed by atoms with van der Waals surface area (Å²) < 4.78 is 45.3. The normalized spacial score (nSPS) is 15.2. The van der Waals surface area contributed by atoms with E-state index < -0.39 is 12.0 Å². The van der Waals surface area contributed by atoms with Crippen molar-refractivity contribution in [3.05, 3.63) is 48.3 Å². The molecule has 0 radical (unpaired) electrons. The first-order valence-corrected chi connectivity index (χ1v) is 9.18. The summed E-state index contributed by atoms with van der Waals surface area (Å²) in [4.78, 5) is 8.30. The molecule has 154 valence electrons. The lowest BCUT2D eigenvalue weighted by Gasteiger charge is -2.34. The lowest BCUT2D eigenvalue weighted by Crippen LogP contribution is -2.47. The van der Waals surface area contributed by atoms with Crippen molar-refractivity contribution in [3.63, 3.8) is 0 Å². The smallest absolute Gasteiger partial charge is 0.352 e. The van der Waals surface area contributed by atoms with Gasteiger partial charge in [-0.05, 0) is 29.4 Å². The Balaban J connectivity index is 1.31. The second-order valence-corrected chi connectivity index (χ2v) is 6.72. The highest BCUT2D eigenvalue weighted by Crippen LogP contribution is 2.28. The van der Waals surface area contributed by atoms with Crippen molar-refractivity contribution in [3.8, 4) is 11.5 Å². The minimum atomic E-state index is -4.63. The van der Waals surface area contributed by atoms with Gasteiger partial charge in [0.2, 0.25) is 0 Å². The number of rotatable bonds is 3. The summed E-state index contributed by atoms with van der Waals surface area (Å²) in [6.07, 6.45) is -4.63. The van der Waals surface area contributed by atoms with Crippen molar-refractivity contribution >= 4 is 17.4 Å². The third kappa shape index (κ3) is 3.29. The average molecular weight is 416 g/mol. The molecule has 0 N–H and O–H groups in total. The lowest BCUT2D eigenvalue weighted by atomic mass is 10.2. The fraction of sp³-hybridized carbons (Fsp3) is 0.278. The van der Waals surface area contributed by atoms with Gasteiger partial charge in [0.1, 0.15) is 5.82 Å². The number of piperazine rings is 1. The van der Waals surface area contributed by atoms with Crippen LogP contribution in [0.15, 0.2) is 47.0 Å². The molecule has 0 amide bonds. The molecule has 4 heterocycles. The first kappa shape index (κ1) is 18.3. The van der Waals surface area contributed by atoms with Crippen LogP contribution < -0.4 is 9.80 Å². The van der Waals surface area contributed by atoms with Gasteiger partial charge in [-0.2, -0.15) is 22.7 Å². The number of aromatic nitrogens is 6. The van der Waals surface area contributed by atoms with Crippen LogP contribution in [0, 0.1) is 0 Å². The molecule has 1 aliphatic rings. The topological polar surface area (TPSA) is 88.5 Å². The zero-order chi connectivity index (χ0) is 20.7. The Labute approximate surface area is 167 Å².